The second-order valence-corrected chi connectivity index (χ2v) is 7.20. The maximum absolute atomic E-state index is 12.8. The first kappa shape index (κ1) is 22.0. The third kappa shape index (κ3) is 4.90. The molecule has 31 heavy (non-hydrogen) atoms. The van der Waals surface area contributed by atoms with E-state index in [1.807, 2.05) is 6.07 Å². The summed E-state index contributed by atoms with van der Waals surface area (Å²) in [6, 6.07) is 15.4. The molecule has 0 bridgehead atoms. The number of nitrogens with one attached hydrogen (secondary N) is 2. The number of H-pyrrole nitrogens is 1. The second-order valence-electron chi connectivity index (χ2n) is 7.20. The van der Waals surface area contributed by atoms with Crippen molar-refractivity contribution in [2.45, 2.75) is 26.9 Å². The zero-order valence-electron chi connectivity index (χ0n) is 17.6. The molecule has 7 heteroatoms. The molecule has 0 aliphatic heterocycles. The average Bonchev–Trinajstić information content (AvgIpc) is 3.06. The molecule has 0 spiro atoms. The highest BCUT2D eigenvalue weighted by atomic mass is 16.5. The van der Waals surface area contributed by atoms with E-state index in [4.69, 9.17) is 4.74 Å². The van der Waals surface area contributed by atoms with Gasteiger partial charge in [-0.25, -0.2) is 4.79 Å². The van der Waals surface area contributed by atoms with Crippen LogP contribution in [0.15, 0.2) is 54.6 Å². The molecular weight excluding hydrogens is 396 g/mol. The molecule has 0 saturated heterocycles. The van der Waals surface area contributed by atoms with Crippen molar-refractivity contribution in [2.24, 2.45) is 0 Å². The van der Waals surface area contributed by atoms with Gasteiger partial charge in [0.1, 0.15) is 5.69 Å². The number of aliphatic hydroxyl groups is 1. The van der Waals surface area contributed by atoms with Crippen LogP contribution in [-0.4, -0.2) is 34.4 Å². The number of esters is 1. The summed E-state index contributed by atoms with van der Waals surface area (Å²) in [5.74, 6) is -1.49. The van der Waals surface area contributed by atoms with Gasteiger partial charge in [0.15, 0.2) is 12.4 Å². The molecule has 1 aromatic heterocycles. The molecule has 0 aliphatic carbocycles. The van der Waals surface area contributed by atoms with Gasteiger partial charge >= 0.3 is 5.97 Å². The molecule has 1 heterocycles. The number of ether oxygens (including phenoxy) is 1. The van der Waals surface area contributed by atoms with Gasteiger partial charge in [0.25, 0.3) is 5.91 Å². The summed E-state index contributed by atoms with van der Waals surface area (Å²) in [6.07, 6.45) is -0.736. The Morgan fingerprint density at radius 2 is 1.68 bits per heavy atom. The monoisotopic (exact) mass is 420 g/mol. The second kappa shape index (κ2) is 9.40. The molecule has 160 valence electrons. The zero-order valence-corrected chi connectivity index (χ0v) is 17.6. The predicted molar refractivity (Wildman–Crippen MR) is 116 cm³/mol. The number of aromatic amines is 1. The Hall–Kier alpha value is -3.71. The van der Waals surface area contributed by atoms with Crippen molar-refractivity contribution in [3.63, 3.8) is 0 Å². The number of ketones is 1. The summed E-state index contributed by atoms with van der Waals surface area (Å²) in [6.45, 7) is 4.54. The fraction of sp³-hybridized carbons (Fsp3) is 0.208. The molecule has 3 rings (SSSR count). The van der Waals surface area contributed by atoms with Gasteiger partial charge in [0.05, 0.1) is 11.8 Å². The van der Waals surface area contributed by atoms with Crippen molar-refractivity contribution < 1.29 is 24.2 Å². The standard InChI is InChI=1S/C24H24N2O5/c1-14-21(16(3)27)15(2)25-22(14)24(30)31-13-20(28)26-19-12-8-7-11-18(19)23(29)17-9-5-4-6-10-17/h4-12,16,25,27H,13H2,1-3H3,(H,26,28)/t16-/m0/s1. The van der Waals surface area contributed by atoms with Gasteiger partial charge in [-0.2, -0.15) is 0 Å². The van der Waals surface area contributed by atoms with Crippen LogP contribution in [0.3, 0.4) is 0 Å². The van der Waals surface area contributed by atoms with Crippen molar-refractivity contribution >= 4 is 23.3 Å². The van der Waals surface area contributed by atoms with Crippen LogP contribution in [0.2, 0.25) is 0 Å². The Morgan fingerprint density at radius 3 is 2.32 bits per heavy atom. The largest absolute Gasteiger partial charge is 0.451 e. The van der Waals surface area contributed by atoms with E-state index < -0.39 is 24.6 Å². The Labute approximate surface area is 180 Å². The van der Waals surface area contributed by atoms with Crippen LogP contribution in [-0.2, 0) is 9.53 Å². The van der Waals surface area contributed by atoms with Gasteiger partial charge in [-0.1, -0.05) is 42.5 Å². The number of para-hydroxylation sites is 1. The highest BCUT2D eigenvalue weighted by Gasteiger charge is 2.22. The first-order chi connectivity index (χ1) is 14.8. The minimum atomic E-state index is -0.736. The van der Waals surface area contributed by atoms with E-state index in [9.17, 15) is 19.5 Å². The lowest BCUT2D eigenvalue weighted by Gasteiger charge is -2.11. The van der Waals surface area contributed by atoms with Crippen molar-refractivity contribution in [1.29, 1.82) is 0 Å². The SMILES string of the molecule is Cc1[nH]c(C(=O)OCC(=O)Nc2ccccc2C(=O)c2ccccc2)c(C)c1[C@H](C)O. The molecule has 0 aliphatic rings. The van der Waals surface area contributed by atoms with Gasteiger partial charge in [0.2, 0.25) is 0 Å². The zero-order chi connectivity index (χ0) is 22.5. The van der Waals surface area contributed by atoms with E-state index in [-0.39, 0.29) is 11.5 Å². The molecule has 3 N–H and O–H groups in total. The van der Waals surface area contributed by atoms with E-state index in [0.29, 0.717) is 33.6 Å². The first-order valence-electron chi connectivity index (χ1n) is 9.82. The molecule has 1 atom stereocenters. The lowest BCUT2D eigenvalue weighted by atomic mass is 10.0. The first-order valence-corrected chi connectivity index (χ1v) is 9.82. The van der Waals surface area contributed by atoms with Gasteiger partial charge in [-0.3, -0.25) is 9.59 Å². The molecule has 1 amide bonds. The summed E-state index contributed by atoms with van der Waals surface area (Å²) >= 11 is 0. The maximum Gasteiger partial charge on any atom is 0.355 e. The molecule has 2 aromatic carbocycles. The van der Waals surface area contributed by atoms with E-state index in [1.165, 1.54) is 0 Å². The molecule has 3 aromatic rings. The molecule has 0 fully saturated rings. The smallest absolute Gasteiger partial charge is 0.355 e. The van der Waals surface area contributed by atoms with Crippen LogP contribution in [0.5, 0.6) is 0 Å². The number of amides is 1. The summed E-state index contributed by atoms with van der Waals surface area (Å²) in [5.41, 5.74) is 3.24. The Bertz CT molecular complexity index is 1120. The quantitative estimate of drug-likeness (QED) is 0.399. The number of aromatic nitrogens is 1. The van der Waals surface area contributed by atoms with Crippen molar-refractivity contribution in [3.8, 4) is 0 Å². The van der Waals surface area contributed by atoms with Crippen LogP contribution < -0.4 is 5.32 Å². The topological polar surface area (TPSA) is 108 Å². The highest BCUT2D eigenvalue weighted by molar-refractivity contribution is 6.14. The van der Waals surface area contributed by atoms with Gasteiger partial charge in [-0.05, 0) is 38.5 Å². The summed E-state index contributed by atoms with van der Waals surface area (Å²) in [4.78, 5) is 40.4. The van der Waals surface area contributed by atoms with Gasteiger partial charge < -0.3 is 20.1 Å². The number of aryl methyl sites for hydroxylation is 1. The van der Waals surface area contributed by atoms with Crippen LogP contribution in [0.1, 0.15) is 56.3 Å². The minimum absolute atomic E-state index is 0.195. The summed E-state index contributed by atoms with van der Waals surface area (Å²) < 4.78 is 5.13. The fourth-order valence-corrected chi connectivity index (χ4v) is 3.52. The number of hydrogen-bond donors (Lipinski definition) is 3. The number of hydrogen-bond acceptors (Lipinski definition) is 5. The minimum Gasteiger partial charge on any atom is -0.451 e. The summed E-state index contributed by atoms with van der Waals surface area (Å²) in [5, 5.41) is 12.5. The Balaban J connectivity index is 1.68. The number of anilines is 1. The fourth-order valence-electron chi connectivity index (χ4n) is 3.52. The van der Waals surface area contributed by atoms with E-state index in [1.54, 1.807) is 69.3 Å². The Morgan fingerprint density at radius 1 is 1.03 bits per heavy atom. The molecule has 7 nitrogen and oxygen atoms in total. The number of carbonyl (C=O) groups is 3. The third-order valence-electron chi connectivity index (χ3n) is 4.93. The van der Waals surface area contributed by atoms with Crippen LogP contribution in [0.4, 0.5) is 5.69 Å². The lowest BCUT2D eigenvalue weighted by Crippen LogP contribution is -2.22. The number of aliphatic hydroxyl groups excluding tert-OH is 1. The van der Waals surface area contributed by atoms with Crippen molar-refractivity contribution in [3.05, 3.63) is 88.2 Å². The van der Waals surface area contributed by atoms with Crippen molar-refractivity contribution in [1.82, 2.24) is 4.98 Å². The third-order valence-corrected chi connectivity index (χ3v) is 4.93. The van der Waals surface area contributed by atoms with Gasteiger partial charge in [0, 0.05) is 22.4 Å². The van der Waals surface area contributed by atoms with E-state index in [2.05, 4.69) is 10.3 Å². The molecule has 0 unspecified atom stereocenters. The van der Waals surface area contributed by atoms with E-state index in [0.717, 1.165) is 0 Å². The van der Waals surface area contributed by atoms with Crippen molar-refractivity contribution in [2.75, 3.05) is 11.9 Å². The number of rotatable bonds is 7. The predicted octanol–water partition coefficient (Wildman–Crippen LogP) is 3.71. The van der Waals surface area contributed by atoms with Crippen LogP contribution in [0.25, 0.3) is 0 Å². The highest BCUT2D eigenvalue weighted by Crippen LogP contribution is 2.25. The van der Waals surface area contributed by atoms with Crippen LogP contribution >= 0.6 is 0 Å². The van der Waals surface area contributed by atoms with Crippen LogP contribution in [0, 0.1) is 13.8 Å². The number of benzene rings is 2. The molecule has 0 saturated carbocycles. The summed E-state index contributed by atoms with van der Waals surface area (Å²) in [7, 11) is 0. The Kier molecular flexibility index (Phi) is 6.67. The van der Waals surface area contributed by atoms with Gasteiger partial charge in [-0.15, -0.1) is 0 Å². The molecule has 0 radical (unpaired) electrons. The lowest BCUT2D eigenvalue weighted by molar-refractivity contribution is -0.119. The normalized spacial score (nSPS) is 11.6. The molecular formula is C24H24N2O5. The number of carbonyl (C=O) groups excluding carboxylic acids is 3. The maximum atomic E-state index is 12.8. The van der Waals surface area contributed by atoms with E-state index >= 15 is 0 Å². The average molecular weight is 420 g/mol.